The molecule has 0 amide bonds. The first-order valence-electron chi connectivity index (χ1n) is 15.1. The van der Waals surface area contributed by atoms with Gasteiger partial charge in [0, 0.05) is 47.6 Å². The fraction of sp³-hybridized carbons (Fsp3) is 0.750. The van der Waals surface area contributed by atoms with E-state index in [0.717, 1.165) is 44.6 Å². The van der Waals surface area contributed by atoms with E-state index in [-0.39, 0.29) is 23.2 Å². The number of carboxylic acid groups (broad SMARTS) is 2. The van der Waals surface area contributed by atoms with Crippen LogP contribution in [0.2, 0.25) is 0 Å². The summed E-state index contributed by atoms with van der Waals surface area (Å²) in [4.78, 5) is 47.9. The smallest absolute Gasteiger partial charge is 0.328 e. The monoisotopic (exact) mass is 609 g/mol. The Kier molecular flexibility index (Phi) is 12.9. The Morgan fingerprint density at radius 2 is 1.69 bits per heavy atom. The van der Waals surface area contributed by atoms with Crippen molar-refractivity contribution in [3.63, 3.8) is 0 Å². The molecule has 0 aliphatic heterocycles. The minimum atomic E-state index is -1.26. The number of hydrogen-bond donors (Lipinski definition) is 3. The number of carbonyl (C=O) groups excluding carboxylic acids is 2. The predicted octanol–water partition coefficient (Wildman–Crippen LogP) is 4.68. The lowest BCUT2D eigenvalue weighted by atomic mass is 9.43. The molecule has 0 heterocycles. The van der Waals surface area contributed by atoms with Crippen molar-refractivity contribution < 1.29 is 39.2 Å². The highest BCUT2D eigenvalue weighted by molar-refractivity contribution is 7.99. The number of carbonyl (C=O) groups is 4. The summed E-state index contributed by atoms with van der Waals surface area (Å²) in [7, 11) is 0. The molecule has 3 N–H and O–H groups in total. The number of rotatable bonds is 11. The van der Waals surface area contributed by atoms with E-state index in [1.807, 2.05) is 13.0 Å². The molecule has 0 aromatic carbocycles. The molecule has 2 bridgehead atoms. The minimum absolute atomic E-state index is 0.0196. The van der Waals surface area contributed by atoms with Crippen LogP contribution >= 0.6 is 11.8 Å². The molecule has 238 valence electrons. The second-order valence-corrected chi connectivity index (χ2v) is 13.8. The lowest BCUT2D eigenvalue weighted by molar-refractivity contribution is -0.203. The number of ether oxygens (including phenoxy) is 1. The second-order valence-electron chi connectivity index (χ2n) is 12.7. The van der Waals surface area contributed by atoms with E-state index in [2.05, 4.69) is 46.1 Å². The summed E-state index contributed by atoms with van der Waals surface area (Å²) in [5, 5.41) is 27.3. The van der Waals surface area contributed by atoms with Gasteiger partial charge in [-0.3, -0.25) is 9.59 Å². The van der Waals surface area contributed by atoms with Crippen LogP contribution in [0.4, 0.5) is 0 Å². The number of aliphatic hydroxyl groups excluding tert-OH is 1. The van der Waals surface area contributed by atoms with E-state index >= 15 is 0 Å². The molecule has 3 fully saturated rings. The van der Waals surface area contributed by atoms with E-state index in [9.17, 15) is 24.3 Å². The summed E-state index contributed by atoms with van der Waals surface area (Å²) in [5.41, 5.74) is -1.25. The first-order chi connectivity index (χ1) is 19.6. The third-order valence-corrected chi connectivity index (χ3v) is 11.4. The van der Waals surface area contributed by atoms with Crippen LogP contribution in [0.3, 0.4) is 0 Å². The quantitative estimate of drug-likeness (QED) is 0.131. The number of hydrogen-bond acceptors (Lipinski definition) is 8. The maximum absolute atomic E-state index is 13.4. The highest BCUT2D eigenvalue weighted by atomic mass is 32.2. The number of ketones is 1. The van der Waals surface area contributed by atoms with Gasteiger partial charge in [-0.25, -0.2) is 9.59 Å². The highest BCUT2D eigenvalue weighted by Gasteiger charge is 2.68. The second kappa shape index (κ2) is 15.0. The van der Waals surface area contributed by atoms with Crippen LogP contribution in [0.15, 0.2) is 24.8 Å². The Morgan fingerprint density at radius 1 is 1.10 bits per heavy atom. The van der Waals surface area contributed by atoms with Gasteiger partial charge in [-0.05, 0) is 56.0 Å². The van der Waals surface area contributed by atoms with Crippen LogP contribution in [0.5, 0.6) is 0 Å². The maximum Gasteiger partial charge on any atom is 0.328 e. The molecule has 3 aliphatic rings. The van der Waals surface area contributed by atoms with E-state index < -0.39 is 35.0 Å². The van der Waals surface area contributed by atoms with Gasteiger partial charge in [-0.1, -0.05) is 47.6 Å². The Labute approximate surface area is 255 Å². The van der Waals surface area contributed by atoms with Crippen molar-refractivity contribution in [1.29, 1.82) is 0 Å². The van der Waals surface area contributed by atoms with Crippen LogP contribution in [-0.4, -0.2) is 87.3 Å². The van der Waals surface area contributed by atoms with E-state index in [0.29, 0.717) is 42.4 Å². The number of thioether (sulfide) groups is 1. The summed E-state index contributed by atoms with van der Waals surface area (Å²) in [6, 6.07) is 0. The molecule has 10 heteroatoms. The summed E-state index contributed by atoms with van der Waals surface area (Å²) in [6.07, 6.45) is 5.68. The number of aliphatic hydroxyl groups is 1. The highest BCUT2D eigenvalue weighted by Crippen LogP contribution is 2.68. The van der Waals surface area contributed by atoms with Crippen molar-refractivity contribution in [2.45, 2.75) is 85.9 Å². The van der Waals surface area contributed by atoms with Crippen LogP contribution in [0.25, 0.3) is 0 Å². The fourth-order valence-corrected chi connectivity index (χ4v) is 8.66. The predicted molar refractivity (Wildman–Crippen MR) is 164 cm³/mol. The van der Waals surface area contributed by atoms with Gasteiger partial charge in [0.25, 0.3) is 0 Å². The Bertz CT molecular complexity index is 1010. The average Bonchev–Trinajstić information content (AvgIpc) is 3.32. The summed E-state index contributed by atoms with van der Waals surface area (Å²) in [6.45, 7) is 20.0. The molecule has 8 unspecified atom stereocenters. The van der Waals surface area contributed by atoms with Gasteiger partial charge in [0.1, 0.15) is 11.9 Å². The topological polar surface area (TPSA) is 141 Å². The molecule has 3 rings (SSSR count). The molecule has 0 aromatic heterocycles. The number of esters is 1. The van der Waals surface area contributed by atoms with Crippen LogP contribution < -0.4 is 0 Å². The SMILES string of the molecule is C=CC1(C)CC(OC(=O)CSCCN(CC)CC)C2(C)CCC(C)C3(CCC(=O)C23)C(C)C1O.O=C(O)/C=C/C(=O)O. The van der Waals surface area contributed by atoms with E-state index in [1.54, 1.807) is 11.8 Å². The molecule has 0 saturated heterocycles. The van der Waals surface area contributed by atoms with Gasteiger partial charge in [-0.15, -0.1) is 18.3 Å². The summed E-state index contributed by atoms with van der Waals surface area (Å²) >= 11 is 1.61. The summed E-state index contributed by atoms with van der Waals surface area (Å²) in [5.74, 6) is -1.06. The first-order valence-corrected chi connectivity index (χ1v) is 16.3. The molecule has 9 nitrogen and oxygen atoms in total. The van der Waals surface area contributed by atoms with Gasteiger partial charge < -0.3 is 25.0 Å². The molecular weight excluding hydrogens is 558 g/mol. The molecule has 3 aliphatic carbocycles. The molecule has 0 radical (unpaired) electrons. The van der Waals surface area contributed by atoms with E-state index in [1.165, 1.54) is 0 Å². The molecule has 0 spiro atoms. The molecule has 0 aromatic rings. The first kappa shape index (κ1) is 36.0. The zero-order valence-electron chi connectivity index (χ0n) is 26.1. The van der Waals surface area contributed by atoms with Gasteiger partial charge in [-0.2, -0.15) is 0 Å². The molecule has 42 heavy (non-hydrogen) atoms. The minimum Gasteiger partial charge on any atom is -0.478 e. The molecular formula is C32H51NO8S. The van der Waals surface area contributed by atoms with Gasteiger partial charge >= 0.3 is 17.9 Å². The largest absolute Gasteiger partial charge is 0.478 e. The fourth-order valence-electron chi connectivity index (χ4n) is 7.89. The summed E-state index contributed by atoms with van der Waals surface area (Å²) < 4.78 is 6.26. The molecule has 8 atom stereocenters. The van der Waals surface area contributed by atoms with Crippen LogP contribution in [0.1, 0.15) is 73.6 Å². The Balaban J connectivity index is 0.000000675. The lowest BCUT2D eigenvalue weighted by Gasteiger charge is -2.62. The third kappa shape index (κ3) is 7.66. The number of carboxylic acids is 2. The number of Topliss-reactive ketones (excluding diaryl/α,β-unsaturated/α-hetero) is 1. The van der Waals surface area contributed by atoms with Crippen molar-refractivity contribution >= 4 is 35.5 Å². The zero-order valence-corrected chi connectivity index (χ0v) is 27.0. The number of aliphatic carboxylic acids is 2. The lowest BCUT2D eigenvalue weighted by Crippen LogP contribution is -2.63. The van der Waals surface area contributed by atoms with Crippen LogP contribution in [0, 0.1) is 34.0 Å². The van der Waals surface area contributed by atoms with Crippen molar-refractivity contribution in [3.8, 4) is 0 Å². The molecule has 3 saturated carbocycles. The van der Waals surface area contributed by atoms with Gasteiger partial charge in [0.05, 0.1) is 11.9 Å². The van der Waals surface area contributed by atoms with Gasteiger partial charge in [0.15, 0.2) is 0 Å². The van der Waals surface area contributed by atoms with Crippen molar-refractivity contribution in [1.82, 2.24) is 4.90 Å². The van der Waals surface area contributed by atoms with E-state index in [4.69, 9.17) is 14.9 Å². The van der Waals surface area contributed by atoms with Crippen LogP contribution in [-0.2, 0) is 23.9 Å². The third-order valence-electron chi connectivity index (χ3n) is 10.5. The normalized spacial score (nSPS) is 35.9. The Hall–Kier alpha value is -2.17. The Morgan fingerprint density at radius 3 is 2.21 bits per heavy atom. The standard InChI is InChI=1S/C28H47NO4S.C4H4O4/c1-8-26(6)17-22(33-23(31)18-34-16-15-29(9-2)10-3)27(7)13-11-19(4)28(20(5)25(26)32)14-12-21(30)24(27)28;5-3(6)1-2-4(7)8/h8,19-20,22,24-25,32H,1,9-18H2,2-7H3;1-2H,(H,5,6)(H,7,8)/b;2-1+. The maximum atomic E-state index is 13.4. The number of nitrogens with zero attached hydrogens (tertiary/aromatic N) is 1. The van der Waals surface area contributed by atoms with Crippen molar-refractivity contribution in [2.24, 2.45) is 34.0 Å². The average molecular weight is 610 g/mol. The zero-order chi connectivity index (χ0) is 31.9. The van der Waals surface area contributed by atoms with Crippen molar-refractivity contribution in [3.05, 3.63) is 24.8 Å². The van der Waals surface area contributed by atoms with Crippen molar-refractivity contribution in [2.75, 3.05) is 31.1 Å². The van der Waals surface area contributed by atoms with Gasteiger partial charge in [0.2, 0.25) is 0 Å².